The van der Waals surface area contributed by atoms with Gasteiger partial charge in [-0.2, -0.15) is 0 Å². The van der Waals surface area contributed by atoms with Crippen molar-refractivity contribution in [3.05, 3.63) is 41.7 Å². The summed E-state index contributed by atoms with van der Waals surface area (Å²) in [7, 11) is 0. The molecule has 0 aliphatic heterocycles. The maximum Gasteiger partial charge on any atom is 0.145 e. The molecular formula is C15H12ClN3O. The predicted molar refractivity (Wildman–Crippen MR) is 77.9 cm³/mol. The fourth-order valence-corrected chi connectivity index (χ4v) is 2.71. The van der Waals surface area contributed by atoms with E-state index in [1.807, 2.05) is 18.2 Å². The molecule has 4 rings (SSSR count). The Morgan fingerprint density at radius 3 is 2.85 bits per heavy atom. The minimum atomic E-state index is 0.149. The summed E-state index contributed by atoms with van der Waals surface area (Å²) in [6.07, 6.45) is 5.40. The van der Waals surface area contributed by atoms with Crippen LogP contribution in [0.1, 0.15) is 18.9 Å². The van der Waals surface area contributed by atoms with Gasteiger partial charge in [0.15, 0.2) is 0 Å². The third-order valence-electron chi connectivity index (χ3n) is 3.60. The summed E-state index contributed by atoms with van der Waals surface area (Å²) < 4.78 is 2.20. The molecule has 0 spiro atoms. The van der Waals surface area contributed by atoms with Gasteiger partial charge in [0.2, 0.25) is 0 Å². The lowest BCUT2D eigenvalue weighted by Crippen LogP contribution is -1.97. The Bertz CT molecular complexity index is 808. The van der Waals surface area contributed by atoms with Gasteiger partial charge in [0, 0.05) is 17.3 Å². The van der Waals surface area contributed by atoms with Gasteiger partial charge in [-0.3, -0.25) is 4.98 Å². The van der Waals surface area contributed by atoms with Crippen LogP contribution in [0.3, 0.4) is 0 Å². The van der Waals surface area contributed by atoms with Crippen LogP contribution in [0.2, 0.25) is 5.02 Å². The van der Waals surface area contributed by atoms with Gasteiger partial charge in [0.05, 0.1) is 22.8 Å². The number of benzene rings is 1. The number of aromatic nitrogens is 3. The second kappa shape index (κ2) is 4.21. The highest BCUT2D eigenvalue weighted by molar-refractivity contribution is 6.31. The third kappa shape index (κ3) is 1.76. The molecule has 1 aliphatic carbocycles. The van der Waals surface area contributed by atoms with Gasteiger partial charge in [-0.15, -0.1) is 0 Å². The molecule has 2 heterocycles. The maximum atomic E-state index is 10.0. The fourth-order valence-electron chi connectivity index (χ4n) is 2.54. The van der Waals surface area contributed by atoms with Crippen molar-refractivity contribution in [3.8, 4) is 17.1 Å². The number of imidazole rings is 1. The minimum Gasteiger partial charge on any atom is -0.506 e. The molecule has 0 radical (unpaired) electrons. The van der Waals surface area contributed by atoms with Gasteiger partial charge in [-0.25, -0.2) is 4.98 Å². The highest BCUT2D eigenvalue weighted by Gasteiger charge is 2.29. The highest BCUT2D eigenvalue weighted by Crippen LogP contribution is 2.42. The van der Waals surface area contributed by atoms with Crippen molar-refractivity contribution in [2.24, 2.45) is 0 Å². The van der Waals surface area contributed by atoms with E-state index in [-0.39, 0.29) is 5.75 Å². The molecule has 0 amide bonds. The van der Waals surface area contributed by atoms with Gasteiger partial charge in [0.25, 0.3) is 0 Å². The first-order valence-electron chi connectivity index (χ1n) is 6.55. The zero-order valence-electron chi connectivity index (χ0n) is 10.6. The van der Waals surface area contributed by atoms with Crippen LogP contribution in [0.25, 0.3) is 22.4 Å². The summed E-state index contributed by atoms with van der Waals surface area (Å²) >= 11 is 6.04. The molecule has 0 bridgehead atoms. The predicted octanol–water partition coefficient (Wildman–Crippen LogP) is 3.79. The van der Waals surface area contributed by atoms with Gasteiger partial charge in [0.1, 0.15) is 11.6 Å². The molecule has 1 aliphatic rings. The Morgan fingerprint density at radius 2 is 2.10 bits per heavy atom. The van der Waals surface area contributed by atoms with E-state index in [4.69, 9.17) is 11.6 Å². The molecule has 100 valence electrons. The Balaban J connectivity index is 2.03. The lowest BCUT2D eigenvalue weighted by atomic mass is 10.2. The number of nitrogens with zero attached hydrogens (tertiary/aromatic N) is 3. The highest BCUT2D eigenvalue weighted by atomic mass is 35.5. The Labute approximate surface area is 120 Å². The lowest BCUT2D eigenvalue weighted by Gasteiger charge is -2.08. The molecule has 1 N–H and O–H groups in total. The van der Waals surface area contributed by atoms with Crippen LogP contribution in [0, 0.1) is 0 Å². The van der Waals surface area contributed by atoms with Gasteiger partial charge >= 0.3 is 0 Å². The average molecular weight is 286 g/mol. The molecule has 0 saturated heterocycles. The van der Waals surface area contributed by atoms with Crippen LogP contribution in [0.5, 0.6) is 5.75 Å². The summed E-state index contributed by atoms with van der Waals surface area (Å²) in [6.45, 7) is 0. The zero-order chi connectivity index (χ0) is 13.7. The molecule has 2 aromatic heterocycles. The third-order valence-corrected chi connectivity index (χ3v) is 3.84. The summed E-state index contributed by atoms with van der Waals surface area (Å²) in [6, 6.07) is 7.98. The van der Waals surface area contributed by atoms with Crippen molar-refractivity contribution < 1.29 is 5.11 Å². The number of hydrogen-bond acceptors (Lipinski definition) is 3. The van der Waals surface area contributed by atoms with E-state index in [9.17, 15) is 5.11 Å². The van der Waals surface area contributed by atoms with Gasteiger partial charge in [-0.05, 0) is 37.1 Å². The topological polar surface area (TPSA) is 50.9 Å². The smallest absolute Gasteiger partial charge is 0.145 e. The first-order valence-corrected chi connectivity index (χ1v) is 6.92. The second-order valence-corrected chi connectivity index (χ2v) is 5.50. The van der Waals surface area contributed by atoms with E-state index >= 15 is 0 Å². The van der Waals surface area contributed by atoms with Gasteiger partial charge in [-0.1, -0.05) is 11.6 Å². The van der Waals surface area contributed by atoms with Crippen molar-refractivity contribution in [2.75, 3.05) is 0 Å². The molecule has 1 aromatic carbocycles. The van der Waals surface area contributed by atoms with Crippen molar-refractivity contribution in [1.82, 2.24) is 14.5 Å². The van der Waals surface area contributed by atoms with E-state index in [0.717, 1.165) is 29.7 Å². The molecule has 0 unspecified atom stereocenters. The molecule has 1 fully saturated rings. The number of fused-ring (bicyclic) bond motifs is 1. The normalized spacial score (nSPS) is 14.8. The zero-order valence-corrected chi connectivity index (χ0v) is 11.4. The van der Waals surface area contributed by atoms with E-state index in [1.54, 1.807) is 12.3 Å². The second-order valence-electron chi connectivity index (χ2n) is 5.06. The maximum absolute atomic E-state index is 10.0. The number of halogens is 1. The van der Waals surface area contributed by atoms with Crippen LogP contribution in [-0.2, 0) is 0 Å². The van der Waals surface area contributed by atoms with Crippen LogP contribution < -0.4 is 0 Å². The van der Waals surface area contributed by atoms with Crippen molar-refractivity contribution in [3.63, 3.8) is 0 Å². The summed E-state index contributed by atoms with van der Waals surface area (Å²) in [4.78, 5) is 8.58. The molecular weight excluding hydrogens is 274 g/mol. The van der Waals surface area contributed by atoms with Crippen molar-refractivity contribution in [1.29, 1.82) is 0 Å². The number of rotatable bonds is 2. The minimum absolute atomic E-state index is 0.149. The van der Waals surface area contributed by atoms with Crippen LogP contribution in [0.15, 0.2) is 36.7 Å². The Kier molecular flexibility index (Phi) is 2.47. The van der Waals surface area contributed by atoms with Crippen LogP contribution in [-0.4, -0.2) is 19.6 Å². The van der Waals surface area contributed by atoms with Crippen molar-refractivity contribution >= 4 is 22.6 Å². The molecule has 1 saturated carbocycles. The molecule has 3 aromatic rings. The Hall–Kier alpha value is -2.07. The first-order chi connectivity index (χ1) is 9.74. The molecule has 0 atom stereocenters. The first kappa shape index (κ1) is 11.7. The fraction of sp³-hybridized carbons (Fsp3) is 0.200. The molecule has 4 nitrogen and oxygen atoms in total. The standard InChI is InChI=1S/C15H12ClN3O/c16-9-1-4-13-12(7-9)18-15(19(13)10-2-3-10)11-5-6-17-8-14(11)20/h1,4-8,10,20H,2-3H2. The monoisotopic (exact) mass is 285 g/mol. The number of aromatic hydroxyl groups is 1. The quantitative estimate of drug-likeness (QED) is 0.779. The largest absolute Gasteiger partial charge is 0.506 e. The SMILES string of the molecule is Oc1cnccc1-c1nc2cc(Cl)ccc2n1C1CC1. The van der Waals surface area contributed by atoms with E-state index in [1.165, 1.54) is 6.20 Å². The number of hydrogen-bond donors (Lipinski definition) is 1. The summed E-state index contributed by atoms with van der Waals surface area (Å²) in [5.74, 6) is 0.931. The Morgan fingerprint density at radius 1 is 1.25 bits per heavy atom. The lowest BCUT2D eigenvalue weighted by molar-refractivity contribution is 0.474. The summed E-state index contributed by atoms with van der Waals surface area (Å²) in [5.41, 5.74) is 2.62. The van der Waals surface area contributed by atoms with E-state index in [0.29, 0.717) is 16.6 Å². The van der Waals surface area contributed by atoms with Crippen LogP contribution in [0.4, 0.5) is 0 Å². The summed E-state index contributed by atoms with van der Waals surface area (Å²) in [5, 5.41) is 10.7. The van der Waals surface area contributed by atoms with Crippen molar-refractivity contribution in [2.45, 2.75) is 18.9 Å². The van der Waals surface area contributed by atoms with Crippen LogP contribution >= 0.6 is 11.6 Å². The molecule has 20 heavy (non-hydrogen) atoms. The van der Waals surface area contributed by atoms with Gasteiger partial charge < -0.3 is 9.67 Å². The number of pyridine rings is 1. The van der Waals surface area contributed by atoms with E-state index in [2.05, 4.69) is 14.5 Å². The average Bonchev–Trinajstić information content (AvgIpc) is 3.20. The van der Waals surface area contributed by atoms with E-state index < -0.39 is 0 Å². The molecule has 5 heteroatoms.